The first-order chi connectivity index (χ1) is 10.8. The highest BCUT2D eigenvalue weighted by Crippen LogP contribution is 2.29. The molecular weight excluding hydrogens is 301 g/mol. The molecule has 0 bridgehead atoms. The van der Waals surface area contributed by atoms with Gasteiger partial charge >= 0.3 is 6.18 Å². The Balaban J connectivity index is 1.94. The molecule has 23 heavy (non-hydrogen) atoms. The van der Waals surface area contributed by atoms with Gasteiger partial charge in [-0.1, -0.05) is 50.2 Å². The highest BCUT2D eigenvalue weighted by atomic mass is 19.4. The van der Waals surface area contributed by atoms with Crippen LogP contribution in [0, 0.1) is 0 Å². The Labute approximate surface area is 135 Å². The summed E-state index contributed by atoms with van der Waals surface area (Å²) in [6.45, 7) is 6.50. The van der Waals surface area contributed by atoms with Crippen molar-refractivity contribution in [2.45, 2.75) is 45.6 Å². The zero-order valence-electron chi connectivity index (χ0n) is 13.5. The van der Waals surface area contributed by atoms with E-state index in [2.05, 4.69) is 26.0 Å². The molecule has 2 rings (SSSR count). The lowest BCUT2D eigenvalue weighted by atomic mass is 10.0. The quantitative estimate of drug-likeness (QED) is 0.645. The van der Waals surface area contributed by atoms with Crippen LogP contribution in [0.3, 0.4) is 0 Å². The van der Waals surface area contributed by atoms with Gasteiger partial charge in [0, 0.05) is 0 Å². The number of rotatable bonds is 5. The van der Waals surface area contributed by atoms with E-state index in [1.807, 2.05) is 19.1 Å². The molecule has 1 atom stereocenters. The SMILES string of the molecule is CC(C)c1ccc(C(C)OCc2ccc(C(F)(F)F)cc2)cc1. The monoisotopic (exact) mass is 322 g/mol. The van der Waals surface area contributed by atoms with Gasteiger partial charge in [-0.25, -0.2) is 0 Å². The van der Waals surface area contributed by atoms with Crippen LogP contribution in [0.5, 0.6) is 0 Å². The van der Waals surface area contributed by atoms with Crippen LogP contribution in [0.4, 0.5) is 13.2 Å². The van der Waals surface area contributed by atoms with Crippen LogP contribution in [0.25, 0.3) is 0 Å². The van der Waals surface area contributed by atoms with Gasteiger partial charge in [0.25, 0.3) is 0 Å². The minimum Gasteiger partial charge on any atom is -0.369 e. The normalized spacial score (nSPS) is 13.3. The van der Waals surface area contributed by atoms with Gasteiger partial charge in [0.05, 0.1) is 18.3 Å². The standard InChI is InChI=1S/C19H21F3O/c1-13(2)16-6-8-17(9-7-16)14(3)23-12-15-4-10-18(11-5-15)19(20,21)22/h4-11,13-14H,12H2,1-3H3. The Morgan fingerprint density at radius 2 is 1.35 bits per heavy atom. The minimum absolute atomic E-state index is 0.112. The number of alkyl halides is 3. The van der Waals surface area contributed by atoms with Gasteiger partial charge in [0.15, 0.2) is 0 Å². The third-order valence-electron chi connectivity index (χ3n) is 3.85. The molecule has 0 saturated carbocycles. The smallest absolute Gasteiger partial charge is 0.369 e. The van der Waals surface area contributed by atoms with Crippen molar-refractivity contribution >= 4 is 0 Å². The van der Waals surface area contributed by atoms with Gasteiger partial charge in [0.2, 0.25) is 0 Å². The van der Waals surface area contributed by atoms with Crippen LogP contribution in [0.15, 0.2) is 48.5 Å². The van der Waals surface area contributed by atoms with Crippen molar-refractivity contribution in [3.8, 4) is 0 Å². The van der Waals surface area contributed by atoms with Crippen molar-refractivity contribution < 1.29 is 17.9 Å². The molecule has 4 heteroatoms. The number of hydrogen-bond donors (Lipinski definition) is 0. The van der Waals surface area contributed by atoms with Gasteiger partial charge in [-0.3, -0.25) is 0 Å². The lowest BCUT2D eigenvalue weighted by molar-refractivity contribution is -0.137. The molecule has 2 aromatic carbocycles. The van der Waals surface area contributed by atoms with E-state index in [-0.39, 0.29) is 12.7 Å². The predicted molar refractivity (Wildman–Crippen MR) is 85.2 cm³/mol. The molecule has 124 valence electrons. The second kappa shape index (κ2) is 7.18. The fourth-order valence-corrected chi connectivity index (χ4v) is 2.26. The summed E-state index contributed by atoms with van der Waals surface area (Å²) in [6.07, 6.45) is -4.41. The van der Waals surface area contributed by atoms with Gasteiger partial charge < -0.3 is 4.74 Å². The Morgan fingerprint density at radius 1 is 0.826 bits per heavy atom. The molecule has 0 aromatic heterocycles. The summed E-state index contributed by atoms with van der Waals surface area (Å²) in [6, 6.07) is 13.3. The van der Waals surface area contributed by atoms with Crippen molar-refractivity contribution in [3.63, 3.8) is 0 Å². The van der Waals surface area contributed by atoms with Crippen molar-refractivity contribution in [2.24, 2.45) is 0 Å². The maximum atomic E-state index is 12.5. The topological polar surface area (TPSA) is 9.23 Å². The first-order valence-corrected chi connectivity index (χ1v) is 7.65. The van der Waals surface area contributed by atoms with Crippen LogP contribution < -0.4 is 0 Å². The van der Waals surface area contributed by atoms with Crippen LogP contribution in [-0.2, 0) is 17.5 Å². The third kappa shape index (κ3) is 4.83. The van der Waals surface area contributed by atoms with E-state index < -0.39 is 11.7 Å². The van der Waals surface area contributed by atoms with E-state index in [1.165, 1.54) is 17.7 Å². The molecule has 0 saturated heterocycles. The molecule has 0 N–H and O–H groups in total. The minimum atomic E-state index is -4.30. The molecule has 1 unspecified atom stereocenters. The largest absolute Gasteiger partial charge is 0.416 e. The first kappa shape index (κ1) is 17.5. The molecule has 0 heterocycles. The Kier molecular flexibility index (Phi) is 5.47. The lowest BCUT2D eigenvalue weighted by Gasteiger charge is -2.15. The van der Waals surface area contributed by atoms with E-state index in [0.29, 0.717) is 5.92 Å². The number of hydrogen-bond acceptors (Lipinski definition) is 1. The molecule has 0 amide bonds. The lowest BCUT2D eigenvalue weighted by Crippen LogP contribution is -2.05. The molecule has 0 spiro atoms. The van der Waals surface area contributed by atoms with Crippen molar-refractivity contribution in [2.75, 3.05) is 0 Å². The maximum absolute atomic E-state index is 12.5. The summed E-state index contributed by atoms with van der Waals surface area (Å²) in [5.74, 6) is 0.479. The predicted octanol–water partition coefficient (Wildman–Crippen LogP) is 6.11. The summed E-state index contributed by atoms with van der Waals surface area (Å²) in [7, 11) is 0. The number of benzene rings is 2. The fourth-order valence-electron chi connectivity index (χ4n) is 2.26. The molecule has 0 aliphatic carbocycles. The van der Waals surface area contributed by atoms with Gasteiger partial charge in [-0.15, -0.1) is 0 Å². The van der Waals surface area contributed by atoms with Crippen LogP contribution in [0.1, 0.15) is 55.0 Å². The van der Waals surface area contributed by atoms with E-state index >= 15 is 0 Å². The van der Waals surface area contributed by atoms with E-state index in [0.717, 1.165) is 23.3 Å². The average molecular weight is 322 g/mol. The zero-order chi connectivity index (χ0) is 17.0. The summed E-state index contributed by atoms with van der Waals surface area (Å²) in [5.41, 5.74) is 2.41. The van der Waals surface area contributed by atoms with Crippen molar-refractivity contribution in [1.82, 2.24) is 0 Å². The second-order valence-electron chi connectivity index (χ2n) is 5.97. The summed E-state index contributed by atoms with van der Waals surface area (Å²) < 4.78 is 43.3. The van der Waals surface area contributed by atoms with E-state index in [9.17, 15) is 13.2 Å². The fraction of sp³-hybridized carbons (Fsp3) is 0.368. The third-order valence-corrected chi connectivity index (χ3v) is 3.85. The highest BCUT2D eigenvalue weighted by Gasteiger charge is 2.29. The van der Waals surface area contributed by atoms with E-state index in [4.69, 9.17) is 4.74 Å². The maximum Gasteiger partial charge on any atom is 0.416 e. The van der Waals surface area contributed by atoms with Gasteiger partial charge in [0.1, 0.15) is 0 Å². The van der Waals surface area contributed by atoms with Crippen LogP contribution in [0.2, 0.25) is 0 Å². The number of halogens is 3. The van der Waals surface area contributed by atoms with Crippen molar-refractivity contribution in [1.29, 1.82) is 0 Å². The molecule has 0 aliphatic rings. The first-order valence-electron chi connectivity index (χ1n) is 7.65. The summed E-state index contributed by atoms with van der Waals surface area (Å²) in [4.78, 5) is 0. The summed E-state index contributed by atoms with van der Waals surface area (Å²) >= 11 is 0. The Hall–Kier alpha value is -1.81. The Bertz CT molecular complexity index is 613. The average Bonchev–Trinajstić information content (AvgIpc) is 2.52. The highest BCUT2D eigenvalue weighted by molar-refractivity contribution is 5.26. The summed E-state index contributed by atoms with van der Waals surface area (Å²) in [5, 5.41) is 0. The second-order valence-corrected chi connectivity index (χ2v) is 5.97. The molecule has 0 aliphatic heterocycles. The molecule has 2 aromatic rings. The zero-order valence-corrected chi connectivity index (χ0v) is 13.5. The molecular formula is C19H21F3O. The molecule has 0 radical (unpaired) electrons. The van der Waals surface area contributed by atoms with Gasteiger partial charge in [-0.2, -0.15) is 13.2 Å². The van der Waals surface area contributed by atoms with Crippen LogP contribution >= 0.6 is 0 Å². The van der Waals surface area contributed by atoms with Crippen LogP contribution in [-0.4, -0.2) is 0 Å². The molecule has 0 fully saturated rings. The van der Waals surface area contributed by atoms with Crippen molar-refractivity contribution in [3.05, 3.63) is 70.8 Å². The number of ether oxygens (including phenoxy) is 1. The Morgan fingerprint density at radius 3 is 1.83 bits per heavy atom. The molecule has 1 nitrogen and oxygen atoms in total. The van der Waals surface area contributed by atoms with E-state index in [1.54, 1.807) is 0 Å². The van der Waals surface area contributed by atoms with Gasteiger partial charge in [-0.05, 0) is 41.7 Å².